The topological polar surface area (TPSA) is 71.3 Å². The van der Waals surface area contributed by atoms with Crippen molar-refractivity contribution in [3.05, 3.63) is 36.0 Å². The Morgan fingerprint density at radius 2 is 2.39 bits per heavy atom. The lowest BCUT2D eigenvalue weighted by Crippen LogP contribution is -2.44. The summed E-state index contributed by atoms with van der Waals surface area (Å²) >= 11 is 0. The van der Waals surface area contributed by atoms with Gasteiger partial charge in [0, 0.05) is 25.2 Å². The van der Waals surface area contributed by atoms with Crippen molar-refractivity contribution in [2.45, 2.75) is 25.7 Å². The van der Waals surface area contributed by atoms with Crippen LogP contribution in [0.15, 0.2) is 28.8 Å². The predicted octanol–water partition coefficient (Wildman–Crippen LogP) is 2.78. The highest BCUT2D eigenvalue weighted by Gasteiger charge is 2.28. The van der Waals surface area contributed by atoms with Crippen LogP contribution < -0.4 is 5.32 Å². The van der Waals surface area contributed by atoms with Crippen molar-refractivity contribution in [1.82, 2.24) is 20.4 Å². The van der Waals surface area contributed by atoms with Crippen LogP contribution in [0.25, 0.3) is 11.4 Å². The first-order chi connectivity index (χ1) is 11.2. The summed E-state index contributed by atoms with van der Waals surface area (Å²) in [5.41, 5.74) is 0.580. The van der Waals surface area contributed by atoms with E-state index in [1.807, 2.05) is 6.92 Å². The fourth-order valence-electron chi connectivity index (χ4n) is 2.77. The van der Waals surface area contributed by atoms with Crippen LogP contribution in [0.4, 0.5) is 9.18 Å². The number of urea groups is 1. The lowest BCUT2D eigenvalue weighted by molar-refractivity contribution is 0.172. The van der Waals surface area contributed by atoms with E-state index in [0.29, 0.717) is 30.4 Å². The lowest BCUT2D eigenvalue weighted by atomic mass is 9.98. The van der Waals surface area contributed by atoms with Crippen LogP contribution >= 0.6 is 0 Å². The van der Waals surface area contributed by atoms with Crippen molar-refractivity contribution >= 4 is 6.03 Å². The maximum absolute atomic E-state index is 13.3. The molecular formula is C16H19FN4O2. The van der Waals surface area contributed by atoms with Crippen LogP contribution in [0.1, 0.15) is 31.6 Å². The number of nitrogens with one attached hydrogen (secondary N) is 1. The summed E-state index contributed by atoms with van der Waals surface area (Å²) in [7, 11) is 0. The fraction of sp³-hybridized carbons (Fsp3) is 0.438. The van der Waals surface area contributed by atoms with Crippen LogP contribution in [0.5, 0.6) is 0 Å². The van der Waals surface area contributed by atoms with Gasteiger partial charge in [-0.2, -0.15) is 4.98 Å². The van der Waals surface area contributed by atoms with Gasteiger partial charge in [-0.05, 0) is 31.9 Å². The molecule has 2 aromatic rings. The Morgan fingerprint density at radius 3 is 3.17 bits per heavy atom. The molecule has 2 amide bonds. The van der Waals surface area contributed by atoms with E-state index in [4.69, 9.17) is 4.52 Å². The van der Waals surface area contributed by atoms with Crippen molar-refractivity contribution in [1.29, 1.82) is 0 Å². The second kappa shape index (κ2) is 6.76. The molecule has 7 heteroatoms. The number of halogens is 1. The molecule has 1 aromatic carbocycles. The van der Waals surface area contributed by atoms with Crippen molar-refractivity contribution in [3.63, 3.8) is 0 Å². The lowest BCUT2D eigenvalue weighted by Gasteiger charge is -2.30. The van der Waals surface area contributed by atoms with E-state index in [0.717, 1.165) is 19.4 Å². The average Bonchev–Trinajstić information content (AvgIpc) is 3.05. The number of nitrogens with zero attached hydrogens (tertiary/aromatic N) is 3. The molecule has 1 N–H and O–H groups in total. The number of likely N-dealkylation sites (tertiary alicyclic amines) is 1. The second-order valence-electron chi connectivity index (χ2n) is 5.59. The number of carbonyl (C=O) groups is 1. The van der Waals surface area contributed by atoms with Crippen LogP contribution in [0, 0.1) is 5.82 Å². The molecule has 2 heterocycles. The van der Waals surface area contributed by atoms with Crippen LogP contribution in [-0.4, -0.2) is 40.7 Å². The number of amides is 2. The molecule has 1 atom stereocenters. The molecule has 1 aliphatic heterocycles. The molecule has 0 unspecified atom stereocenters. The highest BCUT2D eigenvalue weighted by atomic mass is 19.1. The Morgan fingerprint density at radius 1 is 1.52 bits per heavy atom. The number of benzene rings is 1. The van der Waals surface area contributed by atoms with Crippen molar-refractivity contribution in [3.8, 4) is 11.4 Å². The third-order valence-corrected chi connectivity index (χ3v) is 3.91. The minimum atomic E-state index is -0.339. The van der Waals surface area contributed by atoms with Gasteiger partial charge >= 0.3 is 6.03 Å². The van der Waals surface area contributed by atoms with E-state index in [2.05, 4.69) is 15.5 Å². The summed E-state index contributed by atoms with van der Waals surface area (Å²) in [6.07, 6.45) is 1.78. The molecular weight excluding hydrogens is 299 g/mol. The summed E-state index contributed by atoms with van der Waals surface area (Å²) in [5, 5.41) is 6.74. The van der Waals surface area contributed by atoms with Gasteiger partial charge in [0.25, 0.3) is 0 Å². The Bertz CT molecular complexity index is 688. The average molecular weight is 318 g/mol. The van der Waals surface area contributed by atoms with E-state index in [9.17, 15) is 9.18 Å². The molecule has 3 rings (SSSR count). The van der Waals surface area contributed by atoms with Gasteiger partial charge in [0.2, 0.25) is 11.7 Å². The quantitative estimate of drug-likeness (QED) is 0.944. The summed E-state index contributed by atoms with van der Waals surface area (Å²) in [6, 6.07) is 6.02. The Hall–Kier alpha value is -2.44. The number of hydrogen-bond donors (Lipinski definition) is 1. The number of rotatable bonds is 3. The van der Waals surface area contributed by atoms with Crippen LogP contribution in [0.2, 0.25) is 0 Å². The Kier molecular flexibility index (Phi) is 4.55. The standard InChI is InChI=1S/C16H19FN4O2/c1-2-18-16(22)21-8-4-6-12(10-21)15-19-14(20-23-15)11-5-3-7-13(17)9-11/h3,5,7,9,12H,2,4,6,8,10H2,1H3,(H,18,22)/t12-/m0/s1. The van der Waals surface area contributed by atoms with Crippen molar-refractivity contribution in [2.75, 3.05) is 19.6 Å². The fourth-order valence-corrected chi connectivity index (χ4v) is 2.77. The maximum atomic E-state index is 13.3. The highest BCUT2D eigenvalue weighted by Crippen LogP contribution is 2.27. The number of hydrogen-bond acceptors (Lipinski definition) is 4. The van der Waals surface area contributed by atoms with Gasteiger partial charge in [-0.1, -0.05) is 17.3 Å². The number of aromatic nitrogens is 2. The normalized spacial score (nSPS) is 18.0. The molecule has 122 valence electrons. The SMILES string of the molecule is CCNC(=O)N1CCC[C@H](c2nc(-c3cccc(F)c3)no2)C1. The van der Waals surface area contributed by atoms with Crippen LogP contribution in [0.3, 0.4) is 0 Å². The molecule has 1 saturated heterocycles. The predicted molar refractivity (Wildman–Crippen MR) is 82.3 cm³/mol. The van der Waals surface area contributed by atoms with E-state index < -0.39 is 0 Å². The largest absolute Gasteiger partial charge is 0.339 e. The maximum Gasteiger partial charge on any atom is 0.317 e. The molecule has 23 heavy (non-hydrogen) atoms. The van der Waals surface area contributed by atoms with Gasteiger partial charge in [0.15, 0.2) is 0 Å². The third-order valence-electron chi connectivity index (χ3n) is 3.91. The van der Waals surface area contributed by atoms with E-state index in [1.165, 1.54) is 12.1 Å². The third kappa shape index (κ3) is 3.49. The summed E-state index contributed by atoms with van der Waals surface area (Å²) in [4.78, 5) is 18.1. The van der Waals surface area contributed by atoms with Crippen LogP contribution in [-0.2, 0) is 0 Å². The Labute approximate surface area is 133 Å². The smallest absolute Gasteiger partial charge is 0.317 e. The minimum Gasteiger partial charge on any atom is -0.339 e. The number of carbonyl (C=O) groups excluding carboxylic acids is 1. The molecule has 0 saturated carbocycles. The molecule has 1 aliphatic rings. The van der Waals surface area contributed by atoms with E-state index >= 15 is 0 Å². The zero-order chi connectivity index (χ0) is 16.2. The molecule has 0 aliphatic carbocycles. The first kappa shape index (κ1) is 15.5. The van der Waals surface area contributed by atoms with Gasteiger partial charge in [0.05, 0.1) is 5.92 Å². The molecule has 1 fully saturated rings. The van der Waals surface area contributed by atoms with Gasteiger partial charge in [-0.3, -0.25) is 0 Å². The molecule has 0 radical (unpaired) electrons. The molecule has 1 aromatic heterocycles. The first-order valence-corrected chi connectivity index (χ1v) is 7.79. The summed E-state index contributed by atoms with van der Waals surface area (Å²) in [5.74, 6) is 0.544. The number of piperidine rings is 1. The van der Waals surface area contributed by atoms with E-state index in [1.54, 1.807) is 17.0 Å². The highest BCUT2D eigenvalue weighted by molar-refractivity contribution is 5.74. The van der Waals surface area contributed by atoms with Gasteiger partial charge < -0.3 is 14.7 Å². The molecule has 6 nitrogen and oxygen atoms in total. The van der Waals surface area contributed by atoms with Gasteiger partial charge in [-0.25, -0.2) is 9.18 Å². The molecule has 0 bridgehead atoms. The summed E-state index contributed by atoms with van der Waals surface area (Å²) < 4.78 is 18.6. The molecule has 0 spiro atoms. The summed E-state index contributed by atoms with van der Waals surface area (Å²) in [6.45, 7) is 3.77. The van der Waals surface area contributed by atoms with Crippen molar-refractivity contribution < 1.29 is 13.7 Å². The Balaban J connectivity index is 1.73. The minimum absolute atomic E-state index is 0.0150. The zero-order valence-electron chi connectivity index (χ0n) is 13.0. The first-order valence-electron chi connectivity index (χ1n) is 7.79. The van der Waals surface area contributed by atoms with Gasteiger partial charge in [-0.15, -0.1) is 0 Å². The van der Waals surface area contributed by atoms with E-state index in [-0.39, 0.29) is 17.8 Å². The van der Waals surface area contributed by atoms with Gasteiger partial charge in [0.1, 0.15) is 5.82 Å². The monoisotopic (exact) mass is 318 g/mol. The zero-order valence-corrected chi connectivity index (χ0v) is 13.0. The van der Waals surface area contributed by atoms with Crippen molar-refractivity contribution in [2.24, 2.45) is 0 Å². The second-order valence-corrected chi connectivity index (χ2v) is 5.59.